The molecular weight excluding hydrogens is 220 g/mol. The zero-order valence-corrected chi connectivity index (χ0v) is 10.00. The molecule has 1 amide bonds. The Kier molecular flexibility index (Phi) is 3.12. The van der Waals surface area contributed by atoms with Gasteiger partial charge in [0.25, 0.3) is 0 Å². The van der Waals surface area contributed by atoms with Crippen LogP contribution in [0.5, 0.6) is 0 Å². The molecule has 0 saturated heterocycles. The van der Waals surface area contributed by atoms with E-state index in [1.54, 1.807) is 0 Å². The van der Waals surface area contributed by atoms with Gasteiger partial charge in [-0.05, 0) is 44.1 Å². The van der Waals surface area contributed by atoms with E-state index < -0.39 is 11.5 Å². The lowest BCUT2D eigenvalue weighted by Gasteiger charge is -2.43. The van der Waals surface area contributed by atoms with Gasteiger partial charge in [0.15, 0.2) is 0 Å². The smallest absolute Gasteiger partial charge is 0.329 e. The minimum atomic E-state index is -0.989. The standard InChI is InChI=1S/C12H20N2O3/c13-8-11(3-1-4-11)7-9(15)14-12(10(16)17)5-2-6-12/h1-8,13H2,(H,14,15)(H,16,17). The lowest BCUT2D eigenvalue weighted by Crippen LogP contribution is -2.60. The first-order chi connectivity index (χ1) is 8.02. The van der Waals surface area contributed by atoms with Crippen molar-refractivity contribution >= 4 is 11.9 Å². The van der Waals surface area contributed by atoms with Crippen LogP contribution in [0.3, 0.4) is 0 Å². The molecule has 5 heteroatoms. The molecule has 0 aromatic carbocycles. The summed E-state index contributed by atoms with van der Waals surface area (Å²) in [5.41, 5.74) is 4.64. The predicted octanol–water partition coefficient (Wildman–Crippen LogP) is 0.629. The van der Waals surface area contributed by atoms with E-state index in [4.69, 9.17) is 10.8 Å². The molecule has 2 saturated carbocycles. The van der Waals surface area contributed by atoms with Crippen molar-refractivity contribution in [2.45, 2.75) is 50.5 Å². The van der Waals surface area contributed by atoms with Crippen LogP contribution in [0.25, 0.3) is 0 Å². The van der Waals surface area contributed by atoms with E-state index in [2.05, 4.69) is 5.32 Å². The Bertz CT molecular complexity index is 327. The fourth-order valence-electron chi connectivity index (χ4n) is 2.70. The van der Waals surface area contributed by atoms with Crippen molar-refractivity contribution in [3.8, 4) is 0 Å². The van der Waals surface area contributed by atoms with Crippen LogP contribution in [0.2, 0.25) is 0 Å². The maximum atomic E-state index is 11.9. The monoisotopic (exact) mass is 240 g/mol. The lowest BCUT2D eigenvalue weighted by molar-refractivity contribution is -0.152. The number of carboxylic acids is 1. The number of hydrogen-bond donors (Lipinski definition) is 3. The summed E-state index contributed by atoms with van der Waals surface area (Å²) in [6, 6.07) is 0. The quantitative estimate of drug-likeness (QED) is 0.657. The van der Waals surface area contributed by atoms with E-state index >= 15 is 0 Å². The molecule has 2 fully saturated rings. The molecule has 2 rings (SSSR count). The molecule has 2 aliphatic rings. The summed E-state index contributed by atoms with van der Waals surface area (Å²) in [4.78, 5) is 23.0. The van der Waals surface area contributed by atoms with E-state index in [9.17, 15) is 9.59 Å². The van der Waals surface area contributed by atoms with Crippen LogP contribution in [0.15, 0.2) is 0 Å². The molecule has 0 unspecified atom stereocenters. The van der Waals surface area contributed by atoms with Gasteiger partial charge in [0, 0.05) is 6.42 Å². The van der Waals surface area contributed by atoms with Crippen molar-refractivity contribution in [3.05, 3.63) is 0 Å². The summed E-state index contributed by atoms with van der Waals surface area (Å²) in [5.74, 6) is -1.07. The largest absolute Gasteiger partial charge is 0.480 e. The van der Waals surface area contributed by atoms with Crippen molar-refractivity contribution in [1.82, 2.24) is 5.32 Å². The molecule has 0 spiro atoms. The van der Waals surface area contributed by atoms with Crippen LogP contribution >= 0.6 is 0 Å². The molecule has 4 N–H and O–H groups in total. The Morgan fingerprint density at radius 2 is 1.76 bits per heavy atom. The maximum absolute atomic E-state index is 11.9. The Morgan fingerprint density at radius 3 is 2.06 bits per heavy atom. The van der Waals surface area contributed by atoms with E-state index in [0.29, 0.717) is 25.8 Å². The summed E-state index contributed by atoms with van der Waals surface area (Å²) in [6.45, 7) is 0.514. The lowest BCUT2D eigenvalue weighted by atomic mass is 9.66. The van der Waals surface area contributed by atoms with E-state index in [1.165, 1.54) is 0 Å². The van der Waals surface area contributed by atoms with Crippen LogP contribution in [0.4, 0.5) is 0 Å². The molecule has 5 nitrogen and oxygen atoms in total. The Morgan fingerprint density at radius 1 is 1.18 bits per heavy atom. The molecule has 2 aliphatic carbocycles. The normalized spacial score (nSPS) is 24.3. The first-order valence-corrected chi connectivity index (χ1v) is 6.26. The van der Waals surface area contributed by atoms with Gasteiger partial charge in [-0.1, -0.05) is 6.42 Å². The van der Waals surface area contributed by atoms with Crippen LogP contribution in [-0.2, 0) is 9.59 Å². The van der Waals surface area contributed by atoms with E-state index in [1.807, 2.05) is 0 Å². The minimum Gasteiger partial charge on any atom is -0.480 e. The van der Waals surface area contributed by atoms with Gasteiger partial charge >= 0.3 is 5.97 Å². The summed E-state index contributed by atoms with van der Waals surface area (Å²) in [5, 5.41) is 11.8. The molecule has 0 aliphatic heterocycles. The van der Waals surface area contributed by atoms with Gasteiger partial charge < -0.3 is 16.2 Å². The molecule has 17 heavy (non-hydrogen) atoms. The van der Waals surface area contributed by atoms with Gasteiger partial charge in [0.1, 0.15) is 5.54 Å². The summed E-state index contributed by atoms with van der Waals surface area (Å²) in [7, 11) is 0. The summed E-state index contributed by atoms with van der Waals surface area (Å²) in [6.07, 6.45) is 5.42. The van der Waals surface area contributed by atoms with Crippen molar-refractivity contribution in [2.24, 2.45) is 11.1 Å². The highest BCUT2D eigenvalue weighted by Crippen LogP contribution is 2.43. The van der Waals surface area contributed by atoms with Crippen molar-refractivity contribution < 1.29 is 14.7 Å². The van der Waals surface area contributed by atoms with Crippen LogP contribution < -0.4 is 11.1 Å². The highest BCUT2D eigenvalue weighted by Gasteiger charge is 2.47. The number of nitrogens with two attached hydrogens (primary N) is 1. The van der Waals surface area contributed by atoms with Crippen LogP contribution in [-0.4, -0.2) is 29.1 Å². The molecule has 0 aromatic heterocycles. The average Bonchev–Trinajstić information content (AvgIpc) is 2.17. The average molecular weight is 240 g/mol. The van der Waals surface area contributed by atoms with E-state index in [-0.39, 0.29) is 11.3 Å². The van der Waals surface area contributed by atoms with Crippen molar-refractivity contribution in [3.63, 3.8) is 0 Å². The number of amides is 1. The highest BCUT2D eigenvalue weighted by atomic mass is 16.4. The second kappa shape index (κ2) is 4.29. The van der Waals surface area contributed by atoms with Crippen LogP contribution in [0, 0.1) is 5.41 Å². The molecule has 0 radical (unpaired) electrons. The van der Waals surface area contributed by atoms with E-state index in [0.717, 1.165) is 25.7 Å². The molecule has 0 aromatic rings. The second-order valence-corrected chi connectivity index (χ2v) is 5.52. The Balaban J connectivity index is 1.90. The third-order valence-corrected chi connectivity index (χ3v) is 4.38. The molecule has 0 bridgehead atoms. The number of carbonyl (C=O) groups excluding carboxylic acids is 1. The fraction of sp³-hybridized carbons (Fsp3) is 0.833. The number of rotatable bonds is 5. The SMILES string of the molecule is NCC1(CC(=O)NC2(C(=O)O)CCC2)CCC1. The van der Waals surface area contributed by atoms with Gasteiger partial charge in [-0.15, -0.1) is 0 Å². The number of nitrogens with one attached hydrogen (secondary N) is 1. The zero-order valence-electron chi connectivity index (χ0n) is 10.00. The fourth-order valence-corrected chi connectivity index (χ4v) is 2.70. The predicted molar refractivity (Wildman–Crippen MR) is 62.3 cm³/mol. The summed E-state index contributed by atoms with van der Waals surface area (Å²) >= 11 is 0. The minimum absolute atomic E-state index is 0.0620. The number of carbonyl (C=O) groups is 2. The second-order valence-electron chi connectivity index (χ2n) is 5.52. The molecule has 0 atom stereocenters. The molecule has 0 heterocycles. The number of carboxylic acid groups (broad SMARTS) is 1. The summed E-state index contributed by atoms with van der Waals surface area (Å²) < 4.78 is 0. The molecular formula is C12H20N2O3. The molecule has 96 valence electrons. The number of hydrogen-bond acceptors (Lipinski definition) is 3. The van der Waals surface area contributed by atoms with Gasteiger partial charge in [-0.25, -0.2) is 4.79 Å². The third kappa shape index (κ3) is 2.16. The van der Waals surface area contributed by atoms with Gasteiger partial charge in [-0.2, -0.15) is 0 Å². The van der Waals surface area contributed by atoms with Gasteiger partial charge in [0.05, 0.1) is 0 Å². The van der Waals surface area contributed by atoms with Gasteiger partial charge in [-0.3, -0.25) is 4.79 Å². The zero-order chi connectivity index (χ0) is 12.5. The van der Waals surface area contributed by atoms with Crippen LogP contribution in [0.1, 0.15) is 44.9 Å². The van der Waals surface area contributed by atoms with Crippen molar-refractivity contribution in [2.75, 3.05) is 6.54 Å². The number of aliphatic carboxylic acids is 1. The maximum Gasteiger partial charge on any atom is 0.329 e. The van der Waals surface area contributed by atoms with Crippen molar-refractivity contribution in [1.29, 1.82) is 0 Å². The highest BCUT2D eigenvalue weighted by molar-refractivity contribution is 5.88. The Labute approximate surface area is 101 Å². The topological polar surface area (TPSA) is 92.4 Å². The third-order valence-electron chi connectivity index (χ3n) is 4.38. The first-order valence-electron chi connectivity index (χ1n) is 6.26. The first kappa shape index (κ1) is 12.4. The Hall–Kier alpha value is -1.10. The van der Waals surface area contributed by atoms with Gasteiger partial charge in [0.2, 0.25) is 5.91 Å².